The van der Waals surface area contributed by atoms with E-state index in [0.717, 1.165) is 11.1 Å². The third-order valence-corrected chi connectivity index (χ3v) is 5.89. The molecule has 2 heterocycles. The zero-order valence-electron chi connectivity index (χ0n) is 15.6. The topological polar surface area (TPSA) is 51.0 Å². The molecule has 0 bridgehead atoms. The third-order valence-electron chi connectivity index (χ3n) is 4.52. The molecular formula is C21H16Cl2N4OS. The van der Waals surface area contributed by atoms with E-state index in [1.165, 1.54) is 16.5 Å². The Kier molecular flexibility index (Phi) is 5.50. The van der Waals surface area contributed by atoms with Gasteiger partial charge in [0.2, 0.25) is 5.95 Å². The van der Waals surface area contributed by atoms with Gasteiger partial charge in [0.25, 0.3) is 5.56 Å². The lowest BCUT2D eigenvalue weighted by Gasteiger charge is -2.20. The third kappa shape index (κ3) is 3.59. The minimum atomic E-state index is -0.229. The van der Waals surface area contributed by atoms with E-state index in [0.29, 0.717) is 32.8 Å². The van der Waals surface area contributed by atoms with Crippen LogP contribution in [0.5, 0.6) is 0 Å². The van der Waals surface area contributed by atoms with E-state index >= 15 is 0 Å². The van der Waals surface area contributed by atoms with Crippen molar-refractivity contribution in [2.75, 3.05) is 10.6 Å². The molecule has 4 aromatic rings. The highest BCUT2D eigenvalue weighted by molar-refractivity contribution is 8.00. The summed E-state index contributed by atoms with van der Waals surface area (Å²) in [6, 6.07) is 16.7. The molecule has 2 aromatic heterocycles. The maximum Gasteiger partial charge on any atom is 0.259 e. The molecule has 146 valence electrons. The summed E-state index contributed by atoms with van der Waals surface area (Å²) in [5.74, 6) is 0.495. The van der Waals surface area contributed by atoms with E-state index < -0.39 is 0 Å². The van der Waals surface area contributed by atoms with Crippen molar-refractivity contribution < 1.29 is 0 Å². The number of benzene rings is 2. The second-order valence-electron chi connectivity index (χ2n) is 6.28. The van der Waals surface area contributed by atoms with Gasteiger partial charge >= 0.3 is 0 Å². The van der Waals surface area contributed by atoms with Crippen LogP contribution in [0.1, 0.15) is 0 Å². The molecule has 0 spiro atoms. The second kappa shape index (κ2) is 8.06. The number of hydrogen-bond acceptors (Lipinski definition) is 5. The van der Waals surface area contributed by atoms with Crippen LogP contribution in [0.4, 0.5) is 11.6 Å². The molecule has 0 saturated carbocycles. The van der Waals surface area contributed by atoms with E-state index in [-0.39, 0.29) is 5.56 Å². The molecule has 0 saturated heterocycles. The second-order valence-corrected chi connectivity index (χ2v) is 7.82. The van der Waals surface area contributed by atoms with Crippen LogP contribution in [0, 0.1) is 0 Å². The molecular weight excluding hydrogens is 427 g/mol. The van der Waals surface area contributed by atoms with E-state index in [1.807, 2.05) is 40.9 Å². The van der Waals surface area contributed by atoms with Gasteiger partial charge in [0, 0.05) is 30.4 Å². The predicted octanol–water partition coefficient (Wildman–Crippen LogP) is 5.72. The molecule has 0 aliphatic rings. The van der Waals surface area contributed by atoms with Gasteiger partial charge in [-0.1, -0.05) is 47.5 Å². The molecule has 2 aromatic carbocycles. The Balaban J connectivity index is 1.90. The van der Waals surface area contributed by atoms with Crippen LogP contribution in [-0.2, 0) is 7.05 Å². The predicted molar refractivity (Wildman–Crippen MR) is 122 cm³/mol. The number of nitrogens with zero attached hydrogens (tertiary/aromatic N) is 4. The van der Waals surface area contributed by atoms with Gasteiger partial charge in [-0.3, -0.25) is 13.7 Å². The van der Waals surface area contributed by atoms with E-state index in [4.69, 9.17) is 23.2 Å². The number of anilines is 2. The number of para-hydroxylation sites is 1. The minimum absolute atomic E-state index is 0.229. The van der Waals surface area contributed by atoms with Gasteiger partial charge in [0.05, 0.1) is 21.3 Å². The molecule has 8 heteroatoms. The van der Waals surface area contributed by atoms with Gasteiger partial charge < -0.3 is 0 Å². The lowest BCUT2D eigenvalue weighted by Crippen LogP contribution is -2.21. The van der Waals surface area contributed by atoms with Gasteiger partial charge in [0.1, 0.15) is 5.65 Å². The first-order chi connectivity index (χ1) is 14.0. The average molecular weight is 443 g/mol. The van der Waals surface area contributed by atoms with Crippen molar-refractivity contribution in [2.24, 2.45) is 7.05 Å². The fraction of sp³-hybridized carbons (Fsp3) is 0.0952. The highest BCUT2D eigenvalue weighted by Crippen LogP contribution is 2.34. The van der Waals surface area contributed by atoms with Crippen molar-refractivity contribution in [1.82, 2.24) is 14.5 Å². The van der Waals surface area contributed by atoms with E-state index in [1.54, 1.807) is 37.5 Å². The first kappa shape index (κ1) is 19.8. The number of aryl methyl sites for hydroxylation is 1. The van der Waals surface area contributed by atoms with Crippen LogP contribution in [-0.4, -0.2) is 20.8 Å². The smallest absolute Gasteiger partial charge is 0.259 e. The number of pyridine rings is 1. The monoisotopic (exact) mass is 442 g/mol. The fourth-order valence-corrected chi connectivity index (χ4v) is 4.32. The number of hydrogen-bond donors (Lipinski definition) is 0. The Labute approximate surface area is 182 Å². The molecule has 4 rings (SSSR count). The van der Waals surface area contributed by atoms with Crippen molar-refractivity contribution >= 4 is 57.8 Å². The average Bonchev–Trinajstić information content (AvgIpc) is 2.73. The highest BCUT2D eigenvalue weighted by Gasteiger charge is 2.18. The van der Waals surface area contributed by atoms with Crippen LogP contribution in [0.15, 0.2) is 65.6 Å². The number of fused-ring (bicyclic) bond motifs is 1. The Hall–Kier alpha value is -2.54. The first-order valence-corrected chi connectivity index (χ1v) is 10.7. The Morgan fingerprint density at radius 2 is 1.72 bits per heavy atom. The van der Waals surface area contributed by atoms with Crippen molar-refractivity contribution in [2.45, 2.75) is 0 Å². The first-order valence-electron chi connectivity index (χ1n) is 8.71. The quantitative estimate of drug-likeness (QED) is 0.378. The normalized spacial score (nSPS) is 11.0. The molecule has 0 aliphatic carbocycles. The molecule has 0 atom stereocenters. The van der Waals surface area contributed by atoms with Crippen LogP contribution in [0.3, 0.4) is 0 Å². The summed E-state index contributed by atoms with van der Waals surface area (Å²) in [7, 11) is 1.68. The summed E-state index contributed by atoms with van der Waals surface area (Å²) in [5, 5.41) is 1.56. The molecule has 0 N–H and O–H groups in total. The van der Waals surface area contributed by atoms with E-state index in [9.17, 15) is 4.79 Å². The standard InChI is InChI=1S/C21H16Cl2N4OS/c1-26-19-13(11-15(20(26)28)18-16(22)9-6-10-17(18)23)12-24-21(25-19)27(29-2)14-7-4-3-5-8-14/h3-12H,1-2H3. The summed E-state index contributed by atoms with van der Waals surface area (Å²) in [5.41, 5.74) is 2.17. The van der Waals surface area contributed by atoms with Crippen molar-refractivity contribution in [3.05, 3.63) is 81.2 Å². The summed E-state index contributed by atoms with van der Waals surface area (Å²) in [4.78, 5) is 22.2. The van der Waals surface area contributed by atoms with Crippen LogP contribution < -0.4 is 9.86 Å². The molecule has 0 amide bonds. The van der Waals surface area contributed by atoms with Gasteiger partial charge in [-0.2, -0.15) is 4.98 Å². The fourth-order valence-electron chi connectivity index (χ4n) is 3.14. The highest BCUT2D eigenvalue weighted by atomic mass is 35.5. The maximum atomic E-state index is 13.1. The lowest BCUT2D eigenvalue weighted by atomic mass is 10.1. The number of halogens is 2. The Morgan fingerprint density at radius 1 is 1.03 bits per heavy atom. The molecule has 5 nitrogen and oxygen atoms in total. The largest absolute Gasteiger partial charge is 0.295 e. The zero-order chi connectivity index (χ0) is 20.5. The lowest BCUT2D eigenvalue weighted by molar-refractivity contribution is 0.886. The number of aromatic nitrogens is 3. The van der Waals surface area contributed by atoms with Gasteiger partial charge in [-0.15, -0.1) is 0 Å². The van der Waals surface area contributed by atoms with Gasteiger partial charge in [-0.05, 0) is 42.3 Å². The van der Waals surface area contributed by atoms with Crippen molar-refractivity contribution in [3.63, 3.8) is 0 Å². The summed E-state index contributed by atoms with van der Waals surface area (Å²) in [6.45, 7) is 0. The van der Waals surface area contributed by atoms with Crippen molar-refractivity contribution in [3.8, 4) is 11.1 Å². The molecule has 29 heavy (non-hydrogen) atoms. The minimum Gasteiger partial charge on any atom is -0.295 e. The Morgan fingerprint density at radius 3 is 2.38 bits per heavy atom. The molecule has 0 radical (unpaired) electrons. The zero-order valence-corrected chi connectivity index (χ0v) is 18.0. The van der Waals surface area contributed by atoms with E-state index in [2.05, 4.69) is 9.97 Å². The molecule has 0 unspecified atom stereocenters. The van der Waals surface area contributed by atoms with Gasteiger partial charge in [-0.25, -0.2) is 4.98 Å². The van der Waals surface area contributed by atoms with Gasteiger partial charge in [0.15, 0.2) is 0 Å². The molecule has 0 aliphatic heterocycles. The van der Waals surface area contributed by atoms with Crippen LogP contribution in [0.25, 0.3) is 22.2 Å². The number of rotatable bonds is 4. The SMILES string of the molecule is CSN(c1ccccc1)c1ncc2cc(-c3c(Cl)cccc3Cl)c(=O)n(C)c2n1. The summed E-state index contributed by atoms with van der Waals surface area (Å²) < 4.78 is 3.40. The van der Waals surface area contributed by atoms with Crippen molar-refractivity contribution in [1.29, 1.82) is 0 Å². The summed E-state index contributed by atoms with van der Waals surface area (Å²) in [6.07, 6.45) is 3.65. The van der Waals surface area contributed by atoms with Crippen LogP contribution >= 0.6 is 35.1 Å². The Bertz CT molecular complexity index is 1240. The summed E-state index contributed by atoms with van der Waals surface area (Å²) >= 11 is 14.1. The molecule has 0 fully saturated rings. The maximum absolute atomic E-state index is 13.1. The van der Waals surface area contributed by atoms with Crippen LogP contribution in [0.2, 0.25) is 10.0 Å².